The maximum absolute atomic E-state index is 11.1. The molecule has 1 aliphatic heterocycles. The Morgan fingerprint density at radius 1 is 1.25 bits per heavy atom. The van der Waals surface area contributed by atoms with Crippen molar-refractivity contribution in [2.75, 3.05) is 30.9 Å². The smallest absolute Gasteiger partial charge is 0.208 e. The standard InChI is InChI=1S/C9H20N2O3S2/c1-16(13,14)11-6-2-5-10-9-3-7-15(12)8-4-9/h9-11H,2-8H2,1H3. The van der Waals surface area contributed by atoms with Gasteiger partial charge in [-0.15, -0.1) is 0 Å². The lowest BCUT2D eigenvalue weighted by Gasteiger charge is -2.22. The molecule has 7 heteroatoms. The maximum Gasteiger partial charge on any atom is 0.208 e. The highest BCUT2D eigenvalue weighted by molar-refractivity contribution is 7.88. The van der Waals surface area contributed by atoms with Crippen LogP contribution in [0.25, 0.3) is 0 Å². The van der Waals surface area contributed by atoms with Gasteiger partial charge in [-0.2, -0.15) is 0 Å². The molecule has 0 amide bonds. The van der Waals surface area contributed by atoms with Crippen molar-refractivity contribution >= 4 is 20.8 Å². The quantitative estimate of drug-likeness (QED) is 0.632. The second kappa shape index (κ2) is 6.68. The van der Waals surface area contributed by atoms with Gasteiger partial charge in [-0.1, -0.05) is 0 Å². The van der Waals surface area contributed by atoms with Gasteiger partial charge in [-0.3, -0.25) is 4.21 Å². The highest BCUT2D eigenvalue weighted by Crippen LogP contribution is 2.08. The minimum Gasteiger partial charge on any atom is -0.314 e. The van der Waals surface area contributed by atoms with Crippen LogP contribution in [0.15, 0.2) is 0 Å². The summed E-state index contributed by atoms with van der Waals surface area (Å²) < 4.78 is 35.1. The van der Waals surface area contributed by atoms with Crippen LogP contribution in [-0.2, 0) is 20.8 Å². The normalized spacial score (nSPS) is 26.8. The lowest BCUT2D eigenvalue weighted by atomic mass is 10.1. The summed E-state index contributed by atoms with van der Waals surface area (Å²) in [5.74, 6) is 1.58. The number of rotatable bonds is 6. The molecule has 2 N–H and O–H groups in total. The van der Waals surface area contributed by atoms with Crippen LogP contribution in [0.3, 0.4) is 0 Å². The Morgan fingerprint density at radius 2 is 1.88 bits per heavy atom. The van der Waals surface area contributed by atoms with Crippen molar-refractivity contribution < 1.29 is 12.6 Å². The molecule has 0 spiro atoms. The number of hydrogen-bond acceptors (Lipinski definition) is 4. The lowest BCUT2D eigenvalue weighted by molar-refractivity contribution is 0.470. The molecule has 0 aromatic rings. The van der Waals surface area contributed by atoms with Crippen LogP contribution >= 0.6 is 0 Å². The number of nitrogens with one attached hydrogen (secondary N) is 2. The van der Waals surface area contributed by atoms with Crippen molar-refractivity contribution in [3.63, 3.8) is 0 Å². The predicted octanol–water partition coefficient (Wildman–Crippen LogP) is -0.574. The third kappa shape index (κ3) is 6.57. The average molecular weight is 268 g/mol. The monoisotopic (exact) mass is 268 g/mol. The highest BCUT2D eigenvalue weighted by atomic mass is 32.2. The molecular weight excluding hydrogens is 248 g/mol. The Kier molecular flexibility index (Phi) is 5.88. The van der Waals surface area contributed by atoms with Gasteiger partial charge in [0.2, 0.25) is 10.0 Å². The van der Waals surface area contributed by atoms with E-state index in [-0.39, 0.29) is 0 Å². The second-order valence-corrected chi connectivity index (χ2v) is 7.63. The van der Waals surface area contributed by atoms with Gasteiger partial charge < -0.3 is 5.32 Å². The van der Waals surface area contributed by atoms with E-state index in [9.17, 15) is 12.6 Å². The van der Waals surface area contributed by atoms with Gasteiger partial charge >= 0.3 is 0 Å². The van der Waals surface area contributed by atoms with Gasteiger partial charge in [0.05, 0.1) is 6.26 Å². The molecule has 1 aliphatic rings. The van der Waals surface area contributed by atoms with Gasteiger partial charge in [0.15, 0.2) is 0 Å². The number of sulfonamides is 1. The SMILES string of the molecule is CS(=O)(=O)NCCCNC1CCS(=O)CC1. The van der Waals surface area contributed by atoms with Crippen LogP contribution in [0.5, 0.6) is 0 Å². The summed E-state index contributed by atoms with van der Waals surface area (Å²) in [6.45, 7) is 1.28. The molecule has 96 valence electrons. The fraction of sp³-hybridized carbons (Fsp3) is 1.00. The first kappa shape index (κ1) is 14.1. The average Bonchev–Trinajstić information content (AvgIpc) is 2.19. The highest BCUT2D eigenvalue weighted by Gasteiger charge is 2.16. The van der Waals surface area contributed by atoms with Crippen molar-refractivity contribution in [3.8, 4) is 0 Å². The molecule has 5 nitrogen and oxygen atoms in total. The first-order valence-electron chi connectivity index (χ1n) is 5.50. The van der Waals surface area contributed by atoms with Gasteiger partial charge in [0, 0.05) is 34.9 Å². The summed E-state index contributed by atoms with van der Waals surface area (Å²) in [5, 5.41) is 3.36. The van der Waals surface area contributed by atoms with E-state index in [0.29, 0.717) is 12.6 Å². The van der Waals surface area contributed by atoms with Gasteiger partial charge in [-0.05, 0) is 25.8 Å². The number of hydrogen-bond donors (Lipinski definition) is 2. The van der Waals surface area contributed by atoms with Crippen LogP contribution in [0, 0.1) is 0 Å². The molecule has 0 atom stereocenters. The summed E-state index contributed by atoms with van der Waals surface area (Å²) in [6.07, 6.45) is 3.88. The predicted molar refractivity (Wildman–Crippen MR) is 66.4 cm³/mol. The van der Waals surface area contributed by atoms with Gasteiger partial charge in [0.25, 0.3) is 0 Å². The fourth-order valence-electron chi connectivity index (χ4n) is 1.65. The Hall–Kier alpha value is 0.0200. The van der Waals surface area contributed by atoms with E-state index in [4.69, 9.17) is 0 Å². The first-order chi connectivity index (χ1) is 7.47. The topological polar surface area (TPSA) is 75.3 Å². The van der Waals surface area contributed by atoms with Crippen molar-refractivity contribution in [2.24, 2.45) is 0 Å². The van der Waals surface area contributed by atoms with Crippen molar-refractivity contribution in [2.45, 2.75) is 25.3 Å². The van der Waals surface area contributed by atoms with Crippen molar-refractivity contribution in [1.29, 1.82) is 0 Å². The molecule has 0 aromatic carbocycles. The molecule has 0 bridgehead atoms. The van der Waals surface area contributed by atoms with Crippen LogP contribution < -0.4 is 10.0 Å². The minimum absolute atomic E-state index is 0.455. The molecule has 0 aromatic heterocycles. The molecule has 0 saturated carbocycles. The van der Waals surface area contributed by atoms with Crippen LogP contribution in [0.1, 0.15) is 19.3 Å². The zero-order valence-electron chi connectivity index (χ0n) is 9.57. The Labute approximate surface area is 99.9 Å². The van der Waals surface area contributed by atoms with E-state index >= 15 is 0 Å². The second-order valence-electron chi connectivity index (χ2n) is 4.10. The van der Waals surface area contributed by atoms with Crippen molar-refractivity contribution in [3.05, 3.63) is 0 Å². The van der Waals surface area contributed by atoms with Crippen LogP contribution in [0.2, 0.25) is 0 Å². The zero-order chi connectivity index (χ0) is 12.0. The minimum atomic E-state index is -3.05. The van der Waals surface area contributed by atoms with E-state index in [2.05, 4.69) is 10.0 Å². The maximum atomic E-state index is 11.1. The Bertz CT molecular complexity index is 320. The van der Waals surface area contributed by atoms with Crippen LogP contribution in [0.4, 0.5) is 0 Å². The third-order valence-electron chi connectivity index (χ3n) is 2.54. The lowest BCUT2D eigenvalue weighted by Crippen LogP contribution is -2.37. The first-order valence-corrected chi connectivity index (χ1v) is 8.88. The molecule has 1 rings (SSSR count). The van der Waals surface area contributed by atoms with E-state index in [1.54, 1.807) is 0 Å². The Morgan fingerprint density at radius 3 is 2.44 bits per heavy atom. The summed E-state index contributed by atoms with van der Waals surface area (Å²) in [7, 11) is -3.67. The largest absolute Gasteiger partial charge is 0.314 e. The third-order valence-corrected chi connectivity index (χ3v) is 4.65. The van der Waals surface area contributed by atoms with E-state index < -0.39 is 20.8 Å². The van der Waals surface area contributed by atoms with Crippen LogP contribution in [-0.4, -0.2) is 49.5 Å². The van der Waals surface area contributed by atoms with E-state index in [1.807, 2.05) is 0 Å². The van der Waals surface area contributed by atoms with E-state index in [0.717, 1.165) is 43.6 Å². The summed E-state index contributed by atoms with van der Waals surface area (Å²) in [6, 6.07) is 0.455. The molecule has 1 fully saturated rings. The van der Waals surface area contributed by atoms with Gasteiger partial charge in [0.1, 0.15) is 0 Å². The summed E-state index contributed by atoms with van der Waals surface area (Å²) in [4.78, 5) is 0. The molecule has 0 unspecified atom stereocenters. The zero-order valence-corrected chi connectivity index (χ0v) is 11.2. The molecular formula is C9H20N2O3S2. The van der Waals surface area contributed by atoms with E-state index in [1.165, 1.54) is 0 Å². The Balaban J connectivity index is 2.01. The fourth-order valence-corrected chi connectivity index (χ4v) is 3.46. The van der Waals surface area contributed by atoms with Crippen molar-refractivity contribution in [1.82, 2.24) is 10.0 Å². The summed E-state index contributed by atoms with van der Waals surface area (Å²) in [5.41, 5.74) is 0. The molecule has 16 heavy (non-hydrogen) atoms. The molecule has 0 aliphatic carbocycles. The van der Waals surface area contributed by atoms with Gasteiger partial charge in [-0.25, -0.2) is 13.1 Å². The molecule has 1 heterocycles. The molecule has 1 saturated heterocycles. The molecule has 0 radical (unpaired) electrons. The summed E-state index contributed by atoms with van der Waals surface area (Å²) >= 11 is 0.